The average Bonchev–Trinajstić information content (AvgIpc) is 2.79. The van der Waals surface area contributed by atoms with Gasteiger partial charge in [0.05, 0.1) is 23.8 Å². The number of allylic oxidation sites excluding steroid dienone is 1. The number of methoxy groups -OCH3 is 1. The molecule has 0 radical (unpaired) electrons. The van der Waals surface area contributed by atoms with E-state index < -0.39 is 12.1 Å². The maximum atomic E-state index is 12.5. The Labute approximate surface area is 196 Å². The van der Waals surface area contributed by atoms with Crippen molar-refractivity contribution in [2.24, 2.45) is 0 Å². The number of hydrogen-bond donors (Lipinski definition) is 0. The van der Waals surface area contributed by atoms with Crippen molar-refractivity contribution in [2.45, 2.75) is 13.0 Å². The lowest BCUT2D eigenvalue weighted by Crippen LogP contribution is -2.28. The van der Waals surface area contributed by atoms with Gasteiger partial charge in [-0.15, -0.1) is 0 Å². The highest BCUT2D eigenvalue weighted by atomic mass is 35.5. The van der Waals surface area contributed by atoms with Crippen molar-refractivity contribution >= 4 is 40.8 Å². The molecule has 1 unspecified atom stereocenters. The molecule has 0 bridgehead atoms. The van der Waals surface area contributed by atoms with Gasteiger partial charge in [-0.2, -0.15) is 5.26 Å². The fourth-order valence-corrected chi connectivity index (χ4v) is 3.33. The zero-order chi connectivity index (χ0) is 23.1. The Morgan fingerprint density at radius 2 is 1.81 bits per heavy atom. The Hall–Kier alpha value is -3.46. The van der Waals surface area contributed by atoms with Gasteiger partial charge in [0.1, 0.15) is 17.2 Å². The van der Waals surface area contributed by atoms with Gasteiger partial charge in [-0.05, 0) is 61.0 Å². The van der Waals surface area contributed by atoms with E-state index in [9.17, 15) is 10.1 Å². The topological polar surface area (TPSA) is 68.5 Å². The number of hydrogen-bond acceptors (Lipinski definition) is 5. The molecule has 0 fully saturated rings. The van der Waals surface area contributed by atoms with Crippen LogP contribution in [0.25, 0.3) is 11.6 Å². The standard InChI is InChI=1S/C25H19Cl2NO4/c1-16(31-24-11-10-19(26)14-22(24)27)25(29)32-20-7-5-6-17(13-20)12-18(15-28)21-8-3-4-9-23(21)30-2/h3-14,16H,1-2H3/b18-12-. The first-order valence-electron chi connectivity index (χ1n) is 9.60. The van der Waals surface area contributed by atoms with E-state index in [1.54, 1.807) is 68.6 Å². The molecule has 3 aromatic rings. The van der Waals surface area contributed by atoms with E-state index in [0.29, 0.717) is 44.0 Å². The first-order chi connectivity index (χ1) is 15.4. The molecule has 0 aromatic heterocycles. The normalized spacial score (nSPS) is 11.9. The van der Waals surface area contributed by atoms with Crippen molar-refractivity contribution in [3.05, 3.63) is 87.9 Å². The molecular formula is C25H19Cl2NO4. The molecule has 5 nitrogen and oxygen atoms in total. The van der Waals surface area contributed by atoms with Crippen molar-refractivity contribution in [1.82, 2.24) is 0 Å². The molecule has 0 aliphatic carbocycles. The first kappa shape index (κ1) is 23.2. The molecule has 3 aromatic carbocycles. The van der Waals surface area contributed by atoms with Crippen LogP contribution >= 0.6 is 23.2 Å². The van der Waals surface area contributed by atoms with Gasteiger partial charge in [-0.3, -0.25) is 0 Å². The highest BCUT2D eigenvalue weighted by Crippen LogP contribution is 2.29. The Morgan fingerprint density at radius 3 is 2.53 bits per heavy atom. The van der Waals surface area contributed by atoms with Gasteiger partial charge in [-0.25, -0.2) is 4.79 Å². The van der Waals surface area contributed by atoms with E-state index in [0.717, 1.165) is 0 Å². The molecule has 7 heteroatoms. The number of ether oxygens (including phenoxy) is 3. The van der Waals surface area contributed by atoms with Crippen molar-refractivity contribution in [1.29, 1.82) is 5.26 Å². The number of para-hydroxylation sites is 1. The second-order valence-corrected chi connectivity index (χ2v) is 7.54. The lowest BCUT2D eigenvalue weighted by Gasteiger charge is -2.15. The number of rotatable bonds is 7. The summed E-state index contributed by atoms with van der Waals surface area (Å²) < 4.78 is 16.4. The zero-order valence-corrected chi connectivity index (χ0v) is 18.9. The van der Waals surface area contributed by atoms with Crippen LogP contribution in [-0.4, -0.2) is 19.2 Å². The van der Waals surface area contributed by atoms with E-state index in [4.69, 9.17) is 37.4 Å². The highest BCUT2D eigenvalue weighted by molar-refractivity contribution is 6.35. The number of esters is 1. The smallest absolute Gasteiger partial charge is 0.352 e. The van der Waals surface area contributed by atoms with E-state index in [1.165, 1.54) is 6.07 Å². The molecule has 0 spiro atoms. The number of nitrogens with zero attached hydrogens (tertiary/aromatic N) is 1. The van der Waals surface area contributed by atoms with E-state index in [1.807, 2.05) is 12.1 Å². The molecule has 162 valence electrons. The summed E-state index contributed by atoms with van der Waals surface area (Å²) in [6, 6.07) is 21.0. The summed E-state index contributed by atoms with van der Waals surface area (Å²) in [6.07, 6.45) is 0.791. The van der Waals surface area contributed by atoms with Gasteiger partial charge in [0.15, 0.2) is 6.10 Å². The highest BCUT2D eigenvalue weighted by Gasteiger charge is 2.19. The third kappa shape index (κ3) is 5.82. The number of benzene rings is 3. The average molecular weight is 468 g/mol. The van der Waals surface area contributed by atoms with E-state index in [2.05, 4.69) is 6.07 Å². The summed E-state index contributed by atoms with van der Waals surface area (Å²) in [4.78, 5) is 12.5. The Morgan fingerprint density at radius 1 is 1.03 bits per heavy atom. The SMILES string of the molecule is COc1ccccc1/C(C#N)=C\c1cccc(OC(=O)C(C)Oc2ccc(Cl)cc2Cl)c1. The van der Waals surface area contributed by atoms with Crippen LogP contribution in [-0.2, 0) is 4.79 Å². The lowest BCUT2D eigenvalue weighted by atomic mass is 10.0. The van der Waals surface area contributed by atoms with Gasteiger partial charge in [0.2, 0.25) is 0 Å². The van der Waals surface area contributed by atoms with E-state index in [-0.39, 0.29) is 0 Å². The number of carbonyl (C=O) groups excluding carboxylic acids is 1. The van der Waals surface area contributed by atoms with E-state index >= 15 is 0 Å². The molecule has 0 N–H and O–H groups in total. The lowest BCUT2D eigenvalue weighted by molar-refractivity contribution is -0.141. The Balaban J connectivity index is 1.76. The summed E-state index contributed by atoms with van der Waals surface area (Å²) in [6.45, 7) is 1.56. The third-order valence-electron chi connectivity index (χ3n) is 4.43. The largest absolute Gasteiger partial charge is 0.496 e. The summed E-state index contributed by atoms with van der Waals surface area (Å²) >= 11 is 12.0. The van der Waals surface area contributed by atoms with Gasteiger partial charge in [0, 0.05) is 10.6 Å². The summed E-state index contributed by atoms with van der Waals surface area (Å²) in [5.74, 6) is 0.642. The van der Waals surface area contributed by atoms with Crippen molar-refractivity contribution in [3.63, 3.8) is 0 Å². The summed E-state index contributed by atoms with van der Waals surface area (Å²) in [5.41, 5.74) is 1.77. The van der Waals surface area contributed by atoms with Gasteiger partial charge >= 0.3 is 5.97 Å². The Bertz CT molecular complexity index is 1200. The van der Waals surface area contributed by atoms with Crippen LogP contribution in [0.15, 0.2) is 66.7 Å². The first-order valence-corrected chi connectivity index (χ1v) is 10.4. The number of halogens is 2. The minimum absolute atomic E-state index is 0.296. The minimum atomic E-state index is -0.906. The Kier molecular flexibility index (Phi) is 7.77. The van der Waals surface area contributed by atoms with Crippen LogP contribution in [0.3, 0.4) is 0 Å². The quantitative estimate of drug-likeness (QED) is 0.173. The third-order valence-corrected chi connectivity index (χ3v) is 4.97. The van der Waals surface area contributed by atoms with Crippen LogP contribution in [0, 0.1) is 11.3 Å². The summed E-state index contributed by atoms with van der Waals surface area (Å²) in [5, 5.41) is 10.4. The van der Waals surface area contributed by atoms with Crippen LogP contribution in [0.5, 0.6) is 17.2 Å². The summed E-state index contributed by atoms with van der Waals surface area (Å²) in [7, 11) is 1.55. The minimum Gasteiger partial charge on any atom is -0.496 e. The van der Waals surface area contributed by atoms with Crippen LogP contribution in [0.2, 0.25) is 10.0 Å². The second kappa shape index (κ2) is 10.7. The van der Waals surface area contributed by atoms with Crippen molar-refractivity contribution < 1.29 is 19.0 Å². The molecule has 0 saturated carbocycles. The fourth-order valence-electron chi connectivity index (χ4n) is 2.88. The number of nitriles is 1. The van der Waals surface area contributed by atoms with Gasteiger partial charge < -0.3 is 14.2 Å². The van der Waals surface area contributed by atoms with Gasteiger partial charge in [0.25, 0.3) is 0 Å². The van der Waals surface area contributed by atoms with Crippen molar-refractivity contribution in [2.75, 3.05) is 7.11 Å². The van der Waals surface area contributed by atoms with Gasteiger partial charge in [-0.1, -0.05) is 47.5 Å². The molecule has 32 heavy (non-hydrogen) atoms. The van der Waals surface area contributed by atoms with Crippen LogP contribution in [0.1, 0.15) is 18.1 Å². The molecule has 0 aliphatic heterocycles. The number of carbonyl (C=O) groups is 1. The van der Waals surface area contributed by atoms with Crippen LogP contribution in [0.4, 0.5) is 0 Å². The second-order valence-electron chi connectivity index (χ2n) is 6.70. The monoisotopic (exact) mass is 467 g/mol. The van der Waals surface area contributed by atoms with Crippen LogP contribution < -0.4 is 14.2 Å². The predicted molar refractivity (Wildman–Crippen MR) is 125 cm³/mol. The predicted octanol–water partition coefficient (Wildman–Crippen LogP) is 6.44. The molecule has 0 heterocycles. The molecular weight excluding hydrogens is 449 g/mol. The fraction of sp³-hybridized carbons (Fsp3) is 0.120. The van der Waals surface area contributed by atoms with Crippen molar-refractivity contribution in [3.8, 4) is 23.3 Å². The molecule has 3 rings (SSSR count). The molecule has 0 aliphatic rings. The molecule has 0 saturated heterocycles. The maximum Gasteiger partial charge on any atom is 0.352 e. The molecule has 1 atom stereocenters. The maximum absolute atomic E-state index is 12.5. The molecule has 0 amide bonds. The zero-order valence-electron chi connectivity index (χ0n) is 17.3.